The van der Waals surface area contributed by atoms with Crippen molar-refractivity contribution in [3.8, 4) is 0 Å². The van der Waals surface area contributed by atoms with Gasteiger partial charge < -0.3 is 0 Å². The number of pyridine rings is 1. The van der Waals surface area contributed by atoms with E-state index in [2.05, 4.69) is 31.4 Å². The first-order chi connectivity index (χ1) is 6.50. The van der Waals surface area contributed by atoms with Crippen molar-refractivity contribution in [2.24, 2.45) is 5.10 Å². The van der Waals surface area contributed by atoms with Crippen LogP contribution in [-0.4, -0.2) is 15.8 Å². The van der Waals surface area contributed by atoms with E-state index in [0.717, 1.165) is 0 Å². The zero-order chi connectivity index (χ0) is 10.6. The molecule has 0 fully saturated rings. The summed E-state index contributed by atoms with van der Waals surface area (Å²) < 4.78 is 34.6. The number of anilines is 1. The standard InChI is InChI=1S/C7H5BrF3N3/c8-6(7(9,10)11)14-13-5-3-1-2-4-12-5/h1-4H,(H,12,13)/b14-6-. The zero-order valence-corrected chi connectivity index (χ0v) is 8.30. The third-order valence-corrected chi connectivity index (χ3v) is 1.79. The number of hydrogen-bond acceptors (Lipinski definition) is 3. The van der Waals surface area contributed by atoms with E-state index in [-0.39, 0.29) is 5.82 Å². The van der Waals surface area contributed by atoms with Gasteiger partial charge in [-0.1, -0.05) is 6.07 Å². The Morgan fingerprint density at radius 2 is 2.14 bits per heavy atom. The van der Waals surface area contributed by atoms with E-state index in [1.807, 2.05) is 0 Å². The number of alkyl halides is 3. The van der Waals surface area contributed by atoms with Crippen LogP contribution in [0.1, 0.15) is 0 Å². The predicted molar refractivity (Wildman–Crippen MR) is 50.3 cm³/mol. The summed E-state index contributed by atoms with van der Waals surface area (Å²) in [6.45, 7) is 0. The highest BCUT2D eigenvalue weighted by Crippen LogP contribution is 2.21. The van der Waals surface area contributed by atoms with Crippen LogP contribution in [0.25, 0.3) is 0 Å². The summed E-state index contributed by atoms with van der Waals surface area (Å²) in [5.41, 5.74) is 2.16. The van der Waals surface area contributed by atoms with Crippen molar-refractivity contribution in [3.05, 3.63) is 24.4 Å². The molecule has 0 spiro atoms. The van der Waals surface area contributed by atoms with Crippen molar-refractivity contribution in [1.29, 1.82) is 0 Å². The molecule has 0 saturated carbocycles. The maximum atomic E-state index is 11.9. The van der Waals surface area contributed by atoms with Crippen molar-refractivity contribution in [2.75, 3.05) is 5.43 Å². The van der Waals surface area contributed by atoms with E-state index < -0.39 is 10.8 Å². The highest BCUT2D eigenvalue weighted by molar-refractivity contribution is 9.18. The van der Waals surface area contributed by atoms with Gasteiger partial charge in [0.25, 0.3) is 0 Å². The second-order valence-corrected chi connectivity index (χ2v) is 2.98. The Kier molecular flexibility index (Phi) is 3.45. The molecule has 1 heterocycles. The van der Waals surface area contributed by atoms with Crippen LogP contribution in [-0.2, 0) is 0 Å². The van der Waals surface area contributed by atoms with Crippen LogP contribution in [0.5, 0.6) is 0 Å². The molecule has 0 unspecified atom stereocenters. The molecule has 0 bridgehead atoms. The second-order valence-electron chi connectivity index (χ2n) is 2.23. The number of nitrogens with zero attached hydrogens (tertiary/aromatic N) is 2. The van der Waals surface area contributed by atoms with Gasteiger partial charge in [-0.15, -0.1) is 0 Å². The van der Waals surface area contributed by atoms with Crippen molar-refractivity contribution in [3.63, 3.8) is 0 Å². The van der Waals surface area contributed by atoms with Crippen molar-refractivity contribution >= 4 is 26.4 Å². The molecule has 1 aromatic rings. The van der Waals surface area contributed by atoms with Gasteiger partial charge in [-0.05, 0) is 28.1 Å². The normalized spacial score (nSPS) is 12.7. The fourth-order valence-corrected chi connectivity index (χ4v) is 0.687. The summed E-state index contributed by atoms with van der Waals surface area (Å²) in [7, 11) is 0. The van der Waals surface area contributed by atoms with Crippen LogP contribution in [0.4, 0.5) is 19.0 Å². The first-order valence-corrected chi connectivity index (χ1v) is 4.27. The average Bonchev–Trinajstić information content (AvgIpc) is 2.14. The largest absolute Gasteiger partial charge is 0.441 e. The third-order valence-electron chi connectivity index (χ3n) is 1.17. The average molecular weight is 268 g/mol. The molecular formula is C7H5BrF3N3. The summed E-state index contributed by atoms with van der Waals surface area (Å²) in [6.07, 6.45) is -3.04. The van der Waals surface area contributed by atoms with Gasteiger partial charge in [-0.2, -0.15) is 18.3 Å². The van der Waals surface area contributed by atoms with Gasteiger partial charge in [0.2, 0.25) is 4.62 Å². The minimum atomic E-state index is -4.48. The van der Waals surface area contributed by atoms with E-state index in [0.29, 0.717) is 0 Å². The molecular weight excluding hydrogens is 263 g/mol. The summed E-state index contributed by atoms with van der Waals surface area (Å²) in [6, 6.07) is 4.78. The monoisotopic (exact) mass is 267 g/mol. The summed E-state index contributed by atoms with van der Waals surface area (Å²) in [5.74, 6) is 0.244. The van der Waals surface area contributed by atoms with Gasteiger partial charge >= 0.3 is 6.18 Å². The molecule has 0 aliphatic heterocycles. The van der Waals surface area contributed by atoms with Crippen LogP contribution in [0.15, 0.2) is 29.5 Å². The summed E-state index contributed by atoms with van der Waals surface area (Å²) in [4.78, 5) is 3.73. The lowest BCUT2D eigenvalue weighted by Gasteiger charge is -2.03. The quantitative estimate of drug-likeness (QED) is 0.661. The Balaban J connectivity index is 2.65. The summed E-state index contributed by atoms with van der Waals surface area (Å²) in [5, 5.41) is 3.06. The van der Waals surface area contributed by atoms with Crippen molar-refractivity contribution in [2.45, 2.75) is 6.18 Å². The van der Waals surface area contributed by atoms with Crippen molar-refractivity contribution < 1.29 is 13.2 Å². The zero-order valence-electron chi connectivity index (χ0n) is 6.72. The van der Waals surface area contributed by atoms with Gasteiger partial charge in [-0.25, -0.2) is 4.98 Å². The Bertz CT molecular complexity index is 323. The van der Waals surface area contributed by atoms with Crippen LogP contribution < -0.4 is 5.43 Å². The topological polar surface area (TPSA) is 37.3 Å². The van der Waals surface area contributed by atoms with E-state index in [1.165, 1.54) is 12.3 Å². The molecule has 1 aromatic heterocycles. The van der Waals surface area contributed by atoms with Gasteiger partial charge in [0, 0.05) is 6.20 Å². The number of hydrogen-bond donors (Lipinski definition) is 1. The minimum absolute atomic E-state index is 0.244. The molecule has 76 valence electrons. The van der Waals surface area contributed by atoms with Gasteiger partial charge in [-0.3, -0.25) is 5.43 Å². The van der Waals surface area contributed by atoms with Crippen LogP contribution in [0.3, 0.4) is 0 Å². The highest BCUT2D eigenvalue weighted by Gasteiger charge is 2.34. The summed E-state index contributed by atoms with van der Waals surface area (Å²) >= 11 is 2.29. The SMILES string of the molecule is FC(F)(F)/C(Br)=N/Nc1ccccn1. The molecule has 14 heavy (non-hydrogen) atoms. The van der Waals surface area contributed by atoms with E-state index in [1.54, 1.807) is 12.1 Å². The minimum Gasteiger partial charge on any atom is -0.260 e. The molecule has 0 aliphatic rings. The molecule has 0 radical (unpaired) electrons. The van der Waals surface area contributed by atoms with E-state index in [4.69, 9.17) is 0 Å². The predicted octanol–water partition coefficient (Wildman–Crippen LogP) is 2.76. The molecule has 0 atom stereocenters. The Hall–Kier alpha value is -1.11. The maximum Gasteiger partial charge on any atom is 0.441 e. The Labute approximate surface area is 86.2 Å². The van der Waals surface area contributed by atoms with E-state index in [9.17, 15) is 13.2 Å². The fraction of sp³-hybridized carbons (Fsp3) is 0.143. The van der Waals surface area contributed by atoms with Crippen LogP contribution in [0.2, 0.25) is 0 Å². The lowest BCUT2D eigenvalue weighted by Crippen LogP contribution is -2.18. The fourth-order valence-electron chi connectivity index (χ4n) is 0.599. The number of rotatable bonds is 2. The second kappa shape index (κ2) is 4.41. The van der Waals surface area contributed by atoms with Crippen molar-refractivity contribution in [1.82, 2.24) is 4.98 Å². The molecule has 0 saturated heterocycles. The van der Waals surface area contributed by atoms with E-state index >= 15 is 0 Å². The third kappa shape index (κ3) is 3.33. The first kappa shape index (κ1) is 11.0. The Morgan fingerprint density at radius 1 is 1.43 bits per heavy atom. The molecule has 0 aliphatic carbocycles. The van der Waals surface area contributed by atoms with Crippen LogP contribution in [0, 0.1) is 0 Å². The molecule has 0 amide bonds. The molecule has 3 nitrogen and oxygen atoms in total. The smallest absolute Gasteiger partial charge is 0.260 e. The first-order valence-electron chi connectivity index (χ1n) is 3.47. The molecule has 0 aromatic carbocycles. The lowest BCUT2D eigenvalue weighted by molar-refractivity contribution is -0.0551. The number of halogens is 4. The highest BCUT2D eigenvalue weighted by atomic mass is 79.9. The van der Waals surface area contributed by atoms with Gasteiger partial charge in [0.1, 0.15) is 5.82 Å². The number of aromatic nitrogens is 1. The number of hydrazone groups is 1. The maximum absolute atomic E-state index is 11.9. The lowest BCUT2D eigenvalue weighted by atomic mass is 10.5. The molecule has 1 N–H and O–H groups in total. The van der Waals surface area contributed by atoms with Crippen LogP contribution >= 0.6 is 15.9 Å². The Morgan fingerprint density at radius 3 is 2.64 bits per heavy atom. The number of nitrogens with one attached hydrogen (secondary N) is 1. The van der Waals surface area contributed by atoms with Gasteiger partial charge in [0.15, 0.2) is 0 Å². The molecule has 1 rings (SSSR count). The van der Waals surface area contributed by atoms with Gasteiger partial charge in [0.05, 0.1) is 0 Å². The molecule has 7 heteroatoms.